The number of carboxylic acid groups (broad SMARTS) is 1. The Bertz CT molecular complexity index is 745. The van der Waals surface area contributed by atoms with Crippen molar-refractivity contribution in [1.29, 1.82) is 0 Å². The number of rotatable bonds is 22. The van der Waals surface area contributed by atoms with E-state index in [1.807, 2.05) is 0 Å². The van der Waals surface area contributed by atoms with Gasteiger partial charge in [0.15, 0.2) is 6.29 Å². The Morgan fingerprint density at radius 1 is 0.775 bits per heavy atom. The van der Waals surface area contributed by atoms with Crippen molar-refractivity contribution < 1.29 is 43.2 Å². The summed E-state index contributed by atoms with van der Waals surface area (Å²) in [4.78, 5) is 46.9. The maximum absolute atomic E-state index is 12.0. The fourth-order valence-electron chi connectivity index (χ4n) is 5.20. The van der Waals surface area contributed by atoms with Crippen LogP contribution in [0, 0.1) is 5.92 Å². The summed E-state index contributed by atoms with van der Waals surface area (Å²) in [5.41, 5.74) is 0. The van der Waals surface area contributed by atoms with E-state index in [1.165, 1.54) is 91.4 Å². The van der Waals surface area contributed by atoms with Crippen molar-refractivity contribution in [3.8, 4) is 0 Å². The van der Waals surface area contributed by atoms with Crippen LogP contribution in [0.2, 0.25) is 0 Å². The summed E-state index contributed by atoms with van der Waals surface area (Å²) in [5.74, 6) is -3.56. The Kier molecular flexibility index (Phi) is 19.3. The maximum atomic E-state index is 12.0. The molecule has 0 aromatic heterocycles. The lowest BCUT2D eigenvalue weighted by molar-refractivity contribution is -0.265. The van der Waals surface area contributed by atoms with E-state index >= 15 is 0 Å². The minimum atomic E-state index is -1.13. The van der Waals surface area contributed by atoms with Crippen molar-refractivity contribution in [3.63, 3.8) is 0 Å². The van der Waals surface area contributed by atoms with E-state index in [4.69, 9.17) is 18.9 Å². The highest BCUT2D eigenvalue weighted by atomic mass is 16.7. The molecule has 0 aromatic carbocycles. The number of unbranched alkanes of at least 4 members (excludes halogenated alkanes) is 13. The van der Waals surface area contributed by atoms with E-state index in [-0.39, 0.29) is 6.61 Å². The monoisotopic (exact) mass is 571 g/mol. The number of carbonyl (C=O) groups excluding carboxylic acids is 3. The molecule has 0 saturated carbocycles. The van der Waals surface area contributed by atoms with Gasteiger partial charge in [-0.2, -0.15) is 0 Å². The Morgan fingerprint density at radius 3 is 1.75 bits per heavy atom. The molecule has 2 N–H and O–H groups in total. The summed E-state index contributed by atoms with van der Waals surface area (Å²) in [5, 5.41) is 12.3. The highest BCUT2D eigenvalue weighted by molar-refractivity contribution is 5.74. The van der Waals surface area contributed by atoms with Crippen LogP contribution in [0.3, 0.4) is 0 Å². The molecular weight excluding hydrogens is 518 g/mol. The first-order chi connectivity index (χ1) is 19.1. The van der Waals surface area contributed by atoms with Crippen LogP contribution in [-0.4, -0.2) is 66.7 Å². The van der Waals surface area contributed by atoms with Crippen LogP contribution in [0.4, 0.5) is 0 Å². The number of ether oxygens (including phenoxy) is 4. The molecule has 5 unspecified atom stereocenters. The molecule has 40 heavy (non-hydrogen) atoms. The van der Waals surface area contributed by atoms with Gasteiger partial charge in [-0.15, -0.1) is 0 Å². The second-order valence-corrected chi connectivity index (χ2v) is 10.9. The van der Waals surface area contributed by atoms with Gasteiger partial charge in [0.1, 0.15) is 18.8 Å². The lowest BCUT2D eigenvalue weighted by Crippen LogP contribution is -2.63. The third-order valence-electron chi connectivity index (χ3n) is 7.16. The molecule has 5 atom stereocenters. The molecule has 1 rings (SSSR count). The van der Waals surface area contributed by atoms with Crippen LogP contribution in [-0.2, 0) is 38.1 Å². The Morgan fingerprint density at radius 2 is 1.30 bits per heavy atom. The Hall–Kier alpha value is -2.20. The number of carboxylic acids is 1. The molecule has 1 aliphatic heterocycles. The number of carbonyl (C=O) groups is 4. The molecule has 1 saturated heterocycles. The van der Waals surface area contributed by atoms with Crippen LogP contribution in [0.25, 0.3) is 0 Å². The van der Waals surface area contributed by atoms with Gasteiger partial charge in [0, 0.05) is 33.3 Å². The first-order valence-corrected chi connectivity index (χ1v) is 15.2. The predicted molar refractivity (Wildman–Crippen MR) is 150 cm³/mol. The second kappa shape index (κ2) is 21.5. The summed E-state index contributed by atoms with van der Waals surface area (Å²) in [7, 11) is 0. The van der Waals surface area contributed by atoms with Crippen LogP contribution < -0.4 is 5.32 Å². The minimum absolute atomic E-state index is 0.241. The molecule has 1 fully saturated rings. The third kappa shape index (κ3) is 16.2. The van der Waals surface area contributed by atoms with E-state index in [2.05, 4.69) is 12.2 Å². The number of nitrogens with one attached hydrogen (secondary N) is 1. The summed E-state index contributed by atoms with van der Waals surface area (Å²) in [6, 6.07) is -0.863. The van der Waals surface area contributed by atoms with Crippen molar-refractivity contribution in [2.75, 3.05) is 13.2 Å². The molecule has 0 radical (unpaired) electrons. The largest absolute Gasteiger partial charge is 0.481 e. The van der Waals surface area contributed by atoms with Gasteiger partial charge < -0.3 is 29.4 Å². The van der Waals surface area contributed by atoms with Gasteiger partial charge in [0.2, 0.25) is 5.91 Å². The van der Waals surface area contributed by atoms with Gasteiger partial charge in [-0.25, -0.2) is 0 Å². The molecule has 232 valence electrons. The number of aliphatic carboxylic acids is 1. The van der Waals surface area contributed by atoms with Gasteiger partial charge in [-0.3, -0.25) is 19.2 Å². The van der Waals surface area contributed by atoms with Crippen molar-refractivity contribution in [1.82, 2.24) is 5.32 Å². The Labute approximate surface area is 240 Å². The number of esters is 2. The number of hydrogen-bond acceptors (Lipinski definition) is 8. The zero-order chi connectivity index (χ0) is 29.8. The molecule has 1 amide bonds. The van der Waals surface area contributed by atoms with Gasteiger partial charge in [0.05, 0.1) is 12.5 Å². The molecule has 0 spiro atoms. The predicted octanol–water partition coefficient (Wildman–Crippen LogP) is 5.30. The summed E-state index contributed by atoms with van der Waals surface area (Å²) >= 11 is 0. The lowest BCUT2D eigenvalue weighted by atomic mass is 9.84. The highest BCUT2D eigenvalue weighted by Gasteiger charge is 2.49. The normalized spacial score (nSPS) is 22.4. The summed E-state index contributed by atoms with van der Waals surface area (Å²) in [6.07, 6.45) is 13.9. The smallest absolute Gasteiger partial charge is 0.303 e. The SMILES string of the molecule is CCCCCCCCCCCCCCCCOC1OC(COC(C)=O)C(OC(C)=O)C(CC(=O)O)C1NC(C)=O. The zero-order valence-corrected chi connectivity index (χ0v) is 25.1. The fourth-order valence-corrected chi connectivity index (χ4v) is 5.20. The van der Waals surface area contributed by atoms with E-state index in [1.54, 1.807) is 0 Å². The number of amides is 1. The molecule has 1 heterocycles. The van der Waals surface area contributed by atoms with E-state index in [9.17, 15) is 24.3 Å². The summed E-state index contributed by atoms with van der Waals surface area (Å²) < 4.78 is 22.5. The average Bonchev–Trinajstić information content (AvgIpc) is 2.87. The van der Waals surface area contributed by atoms with Gasteiger partial charge in [0.25, 0.3) is 0 Å². The van der Waals surface area contributed by atoms with E-state index in [0.29, 0.717) is 6.61 Å². The van der Waals surface area contributed by atoms with Crippen molar-refractivity contribution in [2.45, 2.75) is 149 Å². The van der Waals surface area contributed by atoms with Gasteiger partial charge in [-0.05, 0) is 6.42 Å². The molecule has 1 aliphatic rings. The molecule has 0 aliphatic carbocycles. The maximum Gasteiger partial charge on any atom is 0.303 e. The lowest BCUT2D eigenvalue weighted by Gasteiger charge is -2.45. The highest BCUT2D eigenvalue weighted by Crippen LogP contribution is 2.32. The quantitative estimate of drug-likeness (QED) is 0.131. The zero-order valence-electron chi connectivity index (χ0n) is 25.1. The molecule has 0 bridgehead atoms. The molecule has 0 aromatic rings. The fraction of sp³-hybridized carbons (Fsp3) is 0.867. The van der Waals surface area contributed by atoms with Gasteiger partial charge >= 0.3 is 17.9 Å². The topological polar surface area (TPSA) is 137 Å². The average molecular weight is 572 g/mol. The van der Waals surface area contributed by atoms with Gasteiger partial charge in [-0.1, -0.05) is 90.4 Å². The van der Waals surface area contributed by atoms with Crippen LogP contribution in [0.5, 0.6) is 0 Å². The van der Waals surface area contributed by atoms with Crippen molar-refractivity contribution in [2.24, 2.45) is 5.92 Å². The standard InChI is InChI=1S/C30H53NO9/c1-5-6-7-8-9-10-11-12-13-14-15-16-17-18-19-37-30-28(31-22(2)32)25(20-27(35)36)29(39-24(4)34)26(40-30)21-38-23(3)33/h25-26,28-30H,5-21H2,1-4H3,(H,31,32)(H,35,36). The number of hydrogen-bond donors (Lipinski definition) is 2. The van der Waals surface area contributed by atoms with E-state index < -0.39 is 60.7 Å². The van der Waals surface area contributed by atoms with E-state index in [0.717, 1.165) is 19.3 Å². The first-order valence-electron chi connectivity index (χ1n) is 15.2. The first kappa shape index (κ1) is 35.8. The second-order valence-electron chi connectivity index (χ2n) is 10.9. The van der Waals surface area contributed by atoms with Crippen LogP contribution >= 0.6 is 0 Å². The molecule has 10 heteroatoms. The Balaban J connectivity index is 2.55. The third-order valence-corrected chi connectivity index (χ3v) is 7.16. The molecule has 10 nitrogen and oxygen atoms in total. The van der Waals surface area contributed by atoms with Crippen LogP contribution in [0.15, 0.2) is 0 Å². The summed E-state index contributed by atoms with van der Waals surface area (Å²) in [6.45, 7) is 6.11. The minimum Gasteiger partial charge on any atom is -0.481 e. The van der Waals surface area contributed by atoms with Crippen LogP contribution in [0.1, 0.15) is 124 Å². The van der Waals surface area contributed by atoms with Crippen molar-refractivity contribution in [3.05, 3.63) is 0 Å². The van der Waals surface area contributed by atoms with Crippen molar-refractivity contribution >= 4 is 23.8 Å². The molecular formula is C30H53NO9.